The van der Waals surface area contributed by atoms with E-state index < -0.39 is 35.5 Å². The standard InChI is InChI=1S/C16H18FNO4S/c1-23-13-5-8-2-3-18(16(22)10(8)6-11(13)17)12-4-9(7-19)14(20)15(12)21/h2-3,5-6,9,12,14-15,19-21H,4,7H2,1H3/t9-,12-,14-,15+/m1/s1. The number of thioether (sulfide) groups is 1. The number of pyridine rings is 1. The predicted molar refractivity (Wildman–Crippen MR) is 86.2 cm³/mol. The van der Waals surface area contributed by atoms with E-state index in [1.807, 2.05) is 0 Å². The number of hydrogen-bond donors (Lipinski definition) is 3. The zero-order valence-electron chi connectivity index (χ0n) is 12.5. The molecule has 1 saturated carbocycles. The van der Waals surface area contributed by atoms with Crippen LogP contribution < -0.4 is 5.56 Å². The molecule has 7 heteroatoms. The fraction of sp³-hybridized carbons (Fsp3) is 0.438. The van der Waals surface area contributed by atoms with E-state index in [9.17, 15) is 24.5 Å². The van der Waals surface area contributed by atoms with Gasteiger partial charge in [0.25, 0.3) is 5.56 Å². The molecule has 124 valence electrons. The topological polar surface area (TPSA) is 82.7 Å². The van der Waals surface area contributed by atoms with Crippen molar-refractivity contribution >= 4 is 22.5 Å². The number of aliphatic hydroxyl groups excluding tert-OH is 3. The summed E-state index contributed by atoms with van der Waals surface area (Å²) < 4.78 is 15.3. The number of benzene rings is 1. The highest BCUT2D eigenvalue weighted by molar-refractivity contribution is 7.98. The van der Waals surface area contributed by atoms with Crippen LogP contribution in [-0.4, -0.2) is 45.0 Å². The zero-order valence-corrected chi connectivity index (χ0v) is 13.3. The molecule has 2 aromatic rings. The fourth-order valence-electron chi connectivity index (χ4n) is 3.23. The van der Waals surface area contributed by atoms with E-state index in [1.165, 1.54) is 22.4 Å². The van der Waals surface area contributed by atoms with E-state index in [4.69, 9.17) is 0 Å². The Hall–Kier alpha value is -1.41. The quantitative estimate of drug-likeness (QED) is 0.731. The van der Waals surface area contributed by atoms with E-state index in [0.29, 0.717) is 10.3 Å². The van der Waals surface area contributed by atoms with Crippen LogP contribution in [0.5, 0.6) is 0 Å². The second kappa shape index (κ2) is 6.24. The highest BCUT2D eigenvalue weighted by Gasteiger charge is 2.42. The van der Waals surface area contributed by atoms with Crippen molar-refractivity contribution in [2.24, 2.45) is 5.92 Å². The molecule has 0 saturated heterocycles. The highest BCUT2D eigenvalue weighted by atomic mass is 32.2. The molecule has 1 aliphatic carbocycles. The van der Waals surface area contributed by atoms with Gasteiger partial charge in [-0.1, -0.05) is 0 Å². The summed E-state index contributed by atoms with van der Waals surface area (Å²) in [5.74, 6) is -0.937. The minimum absolute atomic E-state index is 0.233. The summed E-state index contributed by atoms with van der Waals surface area (Å²) in [6.07, 6.45) is 1.38. The second-order valence-corrected chi connectivity index (χ2v) is 6.68. The first-order valence-electron chi connectivity index (χ1n) is 7.33. The molecule has 0 amide bonds. The van der Waals surface area contributed by atoms with Gasteiger partial charge in [0.15, 0.2) is 0 Å². The zero-order chi connectivity index (χ0) is 16.7. The summed E-state index contributed by atoms with van der Waals surface area (Å²) in [4.78, 5) is 13.1. The maximum atomic E-state index is 14.0. The van der Waals surface area contributed by atoms with Crippen LogP contribution in [0.1, 0.15) is 12.5 Å². The van der Waals surface area contributed by atoms with Crippen LogP contribution in [0, 0.1) is 11.7 Å². The summed E-state index contributed by atoms with van der Waals surface area (Å²) in [7, 11) is 0. The lowest BCUT2D eigenvalue weighted by Crippen LogP contribution is -2.34. The Morgan fingerprint density at radius 2 is 2.09 bits per heavy atom. The lowest BCUT2D eigenvalue weighted by molar-refractivity contribution is -0.00436. The van der Waals surface area contributed by atoms with Gasteiger partial charge in [0.05, 0.1) is 17.5 Å². The molecule has 3 rings (SSSR count). The molecule has 1 aromatic heterocycles. The van der Waals surface area contributed by atoms with Crippen LogP contribution in [0.25, 0.3) is 10.8 Å². The van der Waals surface area contributed by atoms with Crippen molar-refractivity contribution in [3.8, 4) is 0 Å². The van der Waals surface area contributed by atoms with Crippen molar-refractivity contribution in [1.82, 2.24) is 4.57 Å². The smallest absolute Gasteiger partial charge is 0.258 e. The third-order valence-corrected chi connectivity index (χ3v) is 5.32. The Bertz CT molecular complexity index is 793. The van der Waals surface area contributed by atoms with E-state index in [1.54, 1.807) is 24.6 Å². The Morgan fingerprint density at radius 1 is 1.35 bits per heavy atom. The summed E-state index contributed by atoms with van der Waals surface area (Å²) in [5.41, 5.74) is -0.413. The minimum atomic E-state index is -1.14. The number of rotatable bonds is 3. The third-order valence-electron chi connectivity index (χ3n) is 4.57. The van der Waals surface area contributed by atoms with Gasteiger partial charge in [-0.05, 0) is 36.3 Å². The normalized spacial score (nSPS) is 27.7. The Balaban J connectivity index is 2.10. The Kier molecular flexibility index (Phi) is 4.46. The van der Waals surface area contributed by atoms with Crippen molar-refractivity contribution in [2.75, 3.05) is 12.9 Å². The number of aliphatic hydroxyl groups is 3. The van der Waals surface area contributed by atoms with E-state index in [-0.39, 0.29) is 18.4 Å². The van der Waals surface area contributed by atoms with Crippen LogP contribution >= 0.6 is 11.8 Å². The molecule has 3 N–H and O–H groups in total. The van der Waals surface area contributed by atoms with Crippen molar-refractivity contribution < 1.29 is 19.7 Å². The monoisotopic (exact) mass is 339 g/mol. The van der Waals surface area contributed by atoms with Gasteiger partial charge in [-0.3, -0.25) is 4.79 Å². The summed E-state index contributed by atoms with van der Waals surface area (Å²) in [6.45, 7) is -0.261. The maximum absolute atomic E-state index is 14.0. The fourth-order valence-corrected chi connectivity index (χ4v) is 3.73. The van der Waals surface area contributed by atoms with Crippen LogP contribution in [0.15, 0.2) is 34.1 Å². The molecule has 0 bridgehead atoms. The third kappa shape index (κ3) is 2.67. The van der Waals surface area contributed by atoms with Crippen LogP contribution in [0.3, 0.4) is 0 Å². The number of aromatic nitrogens is 1. The van der Waals surface area contributed by atoms with Crippen molar-refractivity contribution in [3.63, 3.8) is 0 Å². The molecule has 0 aliphatic heterocycles. The molecule has 1 aromatic carbocycles. The largest absolute Gasteiger partial charge is 0.396 e. The van der Waals surface area contributed by atoms with Gasteiger partial charge in [-0.15, -0.1) is 11.8 Å². The summed E-state index contributed by atoms with van der Waals surface area (Å²) >= 11 is 1.26. The van der Waals surface area contributed by atoms with E-state index in [2.05, 4.69) is 0 Å². The maximum Gasteiger partial charge on any atom is 0.258 e. The van der Waals surface area contributed by atoms with Crippen LogP contribution in [-0.2, 0) is 0 Å². The molecule has 0 spiro atoms. The first-order chi connectivity index (χ1) is 11.0. The van der Waals surface area contributed by atoms with Crippen molar-refractivity contribution in [2.45, 2.75) is 29.6 Å². The molecular weight excluding hydrogens is 321 g/mol. The molecule has 0 radical (unpaired) electrons. The molecule has 23 heavy (non-hydrogen) atoms. The number of halogens is 1. The second-order valence-electron chi connectivity index (χ2n) is 5.83. The predicted octanol–water partition coefficient (Wildman–Crippen LogP) is 1.14. The van der Waals surface area contributed by atoms with Gasteiger partial charge in [-0.2, -0.15) is 0 Å². The number of fused-ring (bicyclic) bond motifs is 1. The molecule has 1 heterocycles. The highest BCUT2D eigenvalue weighted by Crippen LogP contribution is 2.35. The summed E-state index contributed by atoms with van der Waals surface area (Å²) in [5, 5.41) is 30.2. The van der Waals surface area contributed by atoms with Gasteiger partial charge in [0, 0.05) is 23.6 Å². The van der Waals surface area contributed by atoms with E-state index >= 15 is 0 Å². The lowest BCUT2D eigenvalue weighted by atomic mass is 10.1. The molecule has 1 aliphatic rings. The number of hydrogen-bond acceptors (Lipinski definition) is 5. The minimum Gasteiger partial charge on any atom is -0.396 e. The van der Waals surface area contributed by atoms with Crippen LogP contribution in [0.4, 0.5) is 4.39 Å². The Morgan fingerprint density at radius 3 is 2.70 bits per heavy atom. The van der Waals surface area contributed by atoms with Crippen molar-refractivity contribution in [1.29, 1.82) is 0 Å². The molecule has 1 fully saturated rings. The molecule has 4 atom stereocenters. The summed E-state index contributed by atoms with van der Waals surface area (Å²) in [6, 6.07) is 3.89. The van der Waals surface area contributed by atoms with Gasteiger partial charge in [0.1, 0.15) is 11.9 Å². The average molecular weight is 339 g/mol. The van der Waals surface area contributed by atoms with Gasteiger partial charge in [0.2, 0.25) is 0 Å². The SMILES string of the molecule is CSc1cc2ccn([C@@H]3C[C@H](CO)[C@@H](O)[C@H]3O)c(=O)c2cc1F. The average Bonchev–Trinajstić information content (AvgIpc) is 2.83. The lowest BCUT2D eigenvalue weighted by Gasteiger charge is -2.19. The molecule has 5 nitrogen and oxygen atoms in total. The van der Waals surface area contributed by atoms with E-state index in [0.717, 1.165) is 0 Å². The van der Waals surface area contributed by atoms with Gasteiger partial charge in [-0.25, -0.2) is 4.39 Å². The molecular formula is C16H18FNO4S. The van der Waals surface area contributed by atoms with Crippen LogP contribution in [0.2, 0.25) is 0 Å². The van der Waals surface area contributed by atoms with Gasteiger partial charge < -0.3 is 19.9 Å². The molecule has 0 unspecified atom stereocenters. The van der Waals surface area contributed by atoms with Gasteiger partial charge >= 0.3 is 0 Å². The first-order valence-corrected chi connectivity index (χ1v) is 8.55. The first kappa shape index (κ1) is 16.4. The Labute approximate surface area is 136 Å². The van der Waals surface area contributed by atoms with Crippen molar-refractivity contribution in [3.05, 3.63) is 40.6 Å². The number of nitrogens with zero attached hydrogens (tertiary/aromatic N) is 1.